The Hall–Kier alpha value is -4.43. The van der Waals surface area contributed by atoms with Crippen LogP contribution in [0.3, 0.4) is 0 Å². The van der Waals surface area contributed by atoms with E-state index in [2.05, 4.69) is 26.6 Å². The van der Waals surface area contributed by atoms with E-state index in [0.717, 1.165) is 16.8 Å². The van der Waals surface area contributed by atoms with Crippen LogP contribution in [0.25, 0.3) is 0 Å². The number of ether oxygens (including phenoxy) is 4. The van der Waals surface area contributed by atoms with Crippen LogP contribution in [0.1, 0.15) is 18.1 Å². The molecule has 0 bridgehead atoms. The smallest absolute Gasteiger partial charge is 0.480 e. The third-order valence-electron chi connectivity index (χ3n) is 14.2. The van der Waals surface area contributed by atoms with Crippen LogP contribution < -0.4 is 26.6 Å². The summed E-state index contributed by atoms with van der Waals surface area (Å²) in [4.78, 5) is 105. The topological polar surface area (TPSA) is 418 Å². The standard InChI is InChI=1S/C58H92N12O20S2.2Lu/c1-43(69(41-55(83)84)22-20-66(38-52(77)78)15-14-64(36-50(73)74)13-10-59-34-49(71)72)32-44-2-6-46(7-3-44)62-57(91)60-11-24-87-26-28-89-30-31-90-29-27-88-25-12-61-58(92)63-47-8-4-45(5-9-47)33-48-35-68(40-54(81)82)19-18-65(37-51(75)76)16-17-67(39-53(79)80)21-23-70(48)42-56(85)86;;/h2-9,43,48,59H,10-42H2,1H3,(H,71,72)(H,73,74)(H,75,76)(H,77,78)(H,79,80)(H,81,82)(H,83,84)(H,85,86)(H2,60,62,91)(H2,61,63,92);;/q;+3;/i;1+2;. The maximum absolute atomic E-state index is 12.1. The fourth-order valence-corrected chi connectivity index (χ4v) is 10.1. The molecule has 13 N–H and O–H groups in total. The molecule has 2 atom stereocenters. The number of aliphatic carboxylic acids is 8. The summed E-state index contributed by atoms with van der Waals surface area (Å²) in [6.45, 7) is 5.61. The van der Waals surface area contributed by atoms with Gasteiger partial charge in [0.05, 0.1) is 105 Å². The van der Waals surface area contributed by atoms with Gasteiger partial charge in [0.15, 0.2) is 10.2 Å². The molecule has 1 saturated heterocycles. The summed E-state index contributed by atoms with van der Waals surface area (Å²) < 4.78 is 22.5. The number of rotatable bonds is 47. The summed E-state index contributed by atoms with van der Waals surface area (Å²) in [5.74, 6) is -8.61. The van der Waals surface area contributed by atoms with Gasteiger partial charge in [0.1, 0.15) is 0 Å². The Morgan fingerprint density at radius 1 is 0.489 bits per heavy atom. The van der Waals surface area contributed by atoms with Crippen molar-refractivity contribution in [1.82, 2.24) is 50.2 Å². The van der Waals surface area contributed by atoms with Crippen molar-refractivity contribution in [1.29, 1.82) is 0 Å². The molecule has 1 aliphatic heterocycles. The number of nitrogens with zero attached hydrogens (tertiary/aromatic N) is 7. The van der Waals surface area contributed by atoms with Crippen molar-refractivity contribution in [3.63, 3.8) is 0 Å². The van der Waals surface area contributed by atoms with Crippen LogP contribution in [-0.2, 0) is 70.1 Å². The number of carboxylic acid groups (broad SMARTS) is 8. The number of thiocarbonyl (C=S) groups is 2. The van der Waals surface area contributed by atoms with Gasteiger partial charge in [-0.15, -0.1) is 0 Å². The molecule has 0 saturated carbocycles. The first-order valence-corrected chi connectivity index (χ1v) is 30.9. The molecule has 1 heterocycles. The molecule has 0 aromatic heterocycles. The first kappa shape index (κ1) is 87.6. The SMILES string of the molecule is CC(Cc1ccc(NC(=S)NCCOCCOCCOCCOCCNC(=S)Nc2ccc(CC3CN(CC(=O)O)CCN(CC(=O)O)CCN(CC(=O)O)CCN3CC(=O)O)cc2)cc1)N(CCN(CCN(CCNCC(=O)O)CC(=O)O)CC(=O)O)CC(=O)O.[177Lu+3].[Lu]. The van der Waals surface area contributed by atoms with Crippen molar-refractivity contribution >= 4 is 93.8 Å². The summed E-state index contributed by atoms with van der Waals surface area (Å²) in [6.07, 6.45) is 0.823. The van der Waals surface area contributed by atoms with Crippen LogP contribution in [0.2, 0.25) is 0 Å². The molecule has 94 heavy (non-hydrogen) atoms. The number of anilines is 2. The molecule has 1 aliphatic rings. The zero-order valence-electron chi connectivity index (χ0n) is 52.5. The van der Waals surface area contributed by atoms with Gasteiger partial charge >= 0.3 is 84.6 Å². The maximum atomic E-state index is 12.1. The fraction of sp³-hybridized carbons (Fsp3) is 0.621. The molecule has 32 nitrogen and oxygen atoms in total. The van der Waals surface area contributed by atoms with Crippen molar-refractivity contribution in [2.24, 2.45) is 0 Å². The number of nitrogens with one attached hydrogen (secondary N) is 5. The number of benzene rings is 2. The van der Waals surface area contributed by atoms with E-state index in [-0.39, 0.29) is 217 Å². The predicted octanol–water partition coefficient (Wildman–Crippen LogP) is -1.74. The van der Waals surface area contributed by atoms with Crippen molar-refractivity contribution < 1.29 is 172 Å². The van der Waals surface area contributed by atoms with Gasteiger partial charge in [0, 0.05) is 159 Å². The second-order valence-electron chi connectivity index (χ2n) is 21.6. The van der Waals surface area contributed by atoms with Crippen LogP contribution in [0.15, 0.2) is 48.5 Å². The Labute approximate surface area is 616 Å². The van der Waals surface area contributed by atoms with E-state index in [0.29, 0.717) is 94.7 Å². The van der Waals surface area contributed by atoms with Crippen molar-refractivity contribution in [2.75, 3.05) is 214 Å². The molecule has 0 aliphatic carbocycles. The molecule has 3 rings (SSSR count). The third kappa shape index (κ3) is 43.7. The van der Waals surface area contributed by atoms with E-state index in [4.69, 9.17) is 48.5 Å². The Kier molecular flexibility index (Phi) is 48.2. The van der Waals surface area contributed by atoms with Gasteiger partial charge in [-0.25, -0.2) is 0 Å². The molecule has 2 aromatic carbocycles. The molecular formula is C58H92Lu2N12O20S2+3. The van der Waals surface area contributed by atoms with E-state index in [9.17, 15) is 74.1 Å². The Bertz CT molecular complexity index is 2600. The Morgan fingerprint density at radius 2 is 0.883 bits per heavy atom. The van der Waals surface area contributed by atoms with E-state index in [1.165, 1.54) is 0 Å². The minimum Gasteiger partial charge on any atom is -0.480 e. The Morgan fingerprint density at radius 3 is 1.32 bits per heavy atom. The van der Waals surface area contributed by atoms with E-state index >= 15 is 0 Å². The zero-order chi connectivity index (χ0) is 67.6. The number of hydrogen-bond donors (Lipinski definition) is 13. The molecule has 1 radical (unpaired) electrons. The second kappa shape index (κ2) is 51.7. The first-order valence-electron chi connectivity index (χ1n) is 30.1. The predicted molar refractivity (Wildman–Crippen MR) is 345 cm³/mol. The molecule has 543 valence electrons. The summed E-state index contributed by atoms with van der Waals surface area (Å²) in [6, 6.07) is 14.1. The number of carbonyl (C=O) groups is 8. The number of carboxylic acids is 8. The molecule has 36 heteroatoms. The van der Waals surface area contributed by atoms with Crippen LogP contribution in [0.4, 0.5) is 11.4 Å². The van der Waals surface area contributed by atoms with Gasteiger partial charge in [0.25, 0.3) is 0 Å². The van der Waals surface area contributed by atoms with Gasteiger partial charge in [0.2, 0.25) is 0 Å². The average molecular weight is 1690 g/mol. The fourth-order valence-electron chi connectivity index (χ4n) is 9.67. The van der Waals surface area contributed by atoms with Gasteiger partial charge in [-0.05, 0) is 79.6 Å². The molecule has 2 unspecified atom stereocenters. The monoisotopic (exact) mass is 1690 g/mol. The Balaban J connectivity index is 0.0000221. The van der Waals surface area contributed by atoms with Crippen molar-refractivity contribution in [2.45, 2.75) is 31.8 Å². The summed E-state index contributed by atoms with van der Waals surface area (Å²) >= 11 is 10.9. The summed E-state index contributed by atoms with van der Waals surface area (Å²) in [5.41, 5.74) is 3.17. The molecule has 2 aromatic rings. The molecular weight excluding hydrogens is 1600 g/mol. The van der Waals surface area contributed by atoms with Crippen molar-refractivity contribution in [3.05, 3.63) is 59.7 Å². The van der Waals surface area contributed by atoms with Crippen molar-refractivity contribution in [3.8, 4) is 0 Å². The zero-order valence-corrected chi connectivity index (χ0v) is 57.5. The molecule has 1 fully saturated rings. The van der Waals surface area contributed by atoms with Gasteiger partial charge in [-0.1, -0.05) is 24.3 Å². The van der Waals surface area contributed by atoms with Gasteiger partial charge in [-0.3, -0.25) is 72.7 Å². The minimum absolute atomic E-state index is 0. The third-order valence-corrected chi connectivity index (χ3v) is 14.7. The van der Waals surface area contributed by atoms with E-state index in [1.807, 2.05) is 55.5 Å². The van der Waals surface area contributed by atoms with Crippen LogP contribution >= 0.6 is 24.4 Å². The largest absolute Gasteiger partial charge is 3.00 e. The average Bonchev–Trinajstić information content (AvgIpc) is 1.05. The summed E-state index contributed by atoms with van der Waals surface area (Å²) in [7, 11) is 0. The van der Waals surface area contributed by atoms with Gasteiger partial charge in [-0.2, -0.15) is 0 Å². The second-order valence-corrected chi connectivity index (χ2v) is 22.4. The quantitative estimate of drug-likeness (QED) is 0.0258. The summed E-state index contributed by atoms with van der Waals surface area (Å²) in [5, 5.41) is 92.1. The first-order chi connectivity index (χ1) is 43.9. The van der Waals surface area contributed by atoms with Crippen LogP contribution in [0.5, 0.6) is 0 Å². The van der Waals surface area contributed by atoms with E-state index < -0.39 is 53.8 Å². The number of hydrogen-bond acceptors (Lipinski definition) is 22. The van der Waals surface area contributed by atoms with Gasteiger partial charge < -0.3 is 86.4 Å². The maximum Gasteiger partial charge on any atom is 3.00 e. The normalized spacial score (nSPS) is 14.7. The van der Waals surface area contributed by atoms with E-state index in [1.54, 1.807) is 34.3 Å². The molecule has 0 amide bonds. The van der Waals surface area contributed by atoms with Crippen LogP contribution in [0, 0.1) is 73.7 Å². The minimum atomic E-state index is -1.10. The van der Waals surface area contributed by atoms with Crippen LogP contribution in [-0.4, -0.2) is 349 Å². The molecule has 0 spiro atoms.